The molecule has 150 valence electrons. The fourth-order valence-electron chi connectivity index (χ4n) is 2.79. The van der Waals surface area contributed by atoms with Crippen LogP contribution in [0.2, 0.25) is 0 Å². The number of hydrazone groups is 1. The summed E-state index contributed by atoms with van der Waals surface area (Å²) in [7, 11) is 3.15. The fraction of sp³-hybridized carbons (Fsp3) is 0.286. The standard InChI is InChI=1S/C21H25F2N3O2/c1-13(2)15-9-16(21(28-5)10-20(15)27-4)19(24)12-26(25-3)11-14-6-7-17(22)18(23)8-14/h6-10,12-13H,3,11,24H2,1-2,4-5H3/b19-12-. The molecule has 2 aromatic carbocycles. The Balaban J connectivity index is 2.39. The minimum absolute atomic E-state index is 0.177. The van der Waals surface area contributed by atoms with Gasteiger partial charge in [-0.15, -0.1) is 0 Å². The normalized spacial score (nSPS) is 11.5. The molecule has 0 aliphatic heterocycles. The first-order valence-corrected chi connectivity index (χ1v) is 8.71. The summed E-state index contributed by atoms with van der Waals surface area (Å²) in [6.45, 7) is 7.79. The molecule has 0 atom stereocenters. The van der Waals surface area contributed by atoms with Crippen molar-refractivity contribution in [2.24, 2.45) is 10.8 Å². The summed E-state index contributed by atoms with van der Waals surface area (Å²) in [5, 5.41) is 5.34. The first-order chi connectivity index (χ1) is 13.3. The molecule has 0 saturated carbocycles. The van der Waals surface area contributed by atoms with Gasteiger partial charge in [0, 0.05) is 24.5 Å². The van der Waals surface area contributed by atoms with Crippen molar-refractivity contribution in [1.82, 2.24) is 5.01 Å². The number of rotatable bonds is 8. The van der Waals surface area contributed by atoms with E-state index in [0.717, 1.165) is 17.7 Å². The summed E-state index contributed by atoms with van der Waals surface area (Å²) in [6.07, 6.45) is 1.57. The lowest BCUT2D eigenvalue weighted by Gasteiger charge is -2.19. The van der Waals surface area contributed by atoms with Crippen LogP contribution in [0.1, 0.15) is 36.5 Å². The van der Waals surface area contributed by atoms with Gasteiger partial charge in [0.25, 0.3) is 0 Å². The zero-order valence-corrected chi connectivity index (χ0v) is 16.5. The maximum atomic E-state index is 13.4. The van der Waals surface area contributed by atoms with Crippen LogP contribution in [-0.4, -0.2) is 25.9 Å². The van der Waals surface area contributed by atoms with Crippen molar-refractivity contribution < 1.29 is 18.3 Å². The molecule has 2 aromatic rings. The quantitative estimate of drug-likeness (QED) is 0.534. The Bertz CT molecular complexity index is 882. The molecule has 2 N–H and O–H groups in total. The van der Waals surface area contributed by atoms with E-state index < -0.39 is 11.6 Å². The highest BCUT2D eigenvalue weighted by molar-refractivity contribution is 5.70. The molecule has 0 bridgehead atoms. The van der Waals surface area contributed by atoms with E-state index in [1.165, 1.54) is 11.1 Å². The van der Waals surface area contributed by atoms with Crippen LogP contribution in [0.3, 0.4) is 0 Å². The molecule has 0 saturated heterocycles. The van der Waals surface area contributed by atoms with Crippen LogP contribution in [0.5, 0.6) is 11.5 Å². The average Bonchev–Trinajstić information content (AvgIpc) is 2.68. The van der Waals surface area contributed by atoms with Gasteiger partial charge in [-0.25, -0.2) is 8.78 Å². The van der Waals surface area contributed by atoms with Crippen LogP contribution in [0.25, 0.3) is 5.70 Å². The highest BCUT2D eigenvalue weighted by Gasteiger charge is 2.16. The van der Waals surface area contributed by atoms with Gasteiger partial charge >= 0.3 is 0 Å². The van der Waals surface area contributed by atoms with Crippen LogP contribution in [0.4, 0.5) is 8.78 Å². The van der Waals surface area contributed by atoms with E-state index in [-0.39, 0.29) is 12.5 Å². The van der Waals surface area contributed by atoms with Crippen LogP contribution < -0.4 is 15.2 Å². The van der Waals surface area contributed by atoms with Gasteiger partial charge < -0.3 is 15.2 Å². The monoisotopic (exact) mass is 389 g/mol. The third kappa shape index (κ3) is 4.79. The molecule has 0 fully saturated rings. The molecule has 0 unspecified atom stereocenters. The van der Waals surface area contributed by atoms with Crippen molar-refractivity contribution in [3.05, 3.63) is 64.9 Å². The van der Waals surface area contributed by atoms with Gasteiger partial charge in [0.2, 0.25) is 0 Å². The molecule has 28 heavy (non-hydrogen) atoms. The second kappa shape index (κ2) is 9.21. The largest absolute Gasteiger partial charge is 0.496 e. The molecule has 2 rings (SSSR count). The maximum Gasteiger partial charge on any atom is 0.159 e. The van der Waals surface area contributed by atoms with Gasteiger partial charge in [0.15, 0.2) is 11.6 Å². The first kappa shape index (κ1) is 21.2. The lowest BCUT2D eigenvalue weighted by Crippen LogP contribution is -2.13. The van der Waals surface area contributed by atoms with Crippen LogP contribution >= 0.6 is 0 Å². The molecule has 0 amide bonds. The van der Waals surface area contributed by atoms with Gasteiger partial charge in [-0.1, -0.05) is 19.9 Å². The van der Waals surface area contributed by atoms with Gasteiger partial charge in [0.05, 0.1) is 26.5 Å². The van der Waals surface area contributed by atoms with Crippen molar-refractivity contribution in [3.63, 3.8) is 0 Å². The Hall–Kier alpha value is -3.09. The van der Waals surface area contributed by atoms with E-state index in [1.807, 2.05) is 6.07 Å². The number of halogens is 2. The second-order valence-electron chi connectivity index (χ2n) is 6.52. The minimum Gasteiger partial charge on any atom is -0.496 e. The molecule has 0 aromatic heterocycles. The smallest absolute Gasteiger partial charge is 0.159 e. The predicted molar refractivity (Wildman–Crippen MR) is 107 cm³/mol. The van der Waals surface area contributed by atoms with E-state index >= 15 is 0 Å². The summed E-state index contributed by atoms with van der Waals surface area (Å²) in [4.78, 5) is 0. The third-order valence-corrected chi connectivity index (χ3v) is 4.28. The summed E-state index contributed by atoms with van der Waals surface area (Å²) in [6, 6.07) is 7.35. The minimum atomic E-state index is -0.920. The number of nitrogens with zero attached hydrogens (tertiary/aromatic N) is 2. The fourth-order valence-corrected chi connectivity index (χ4v) is 2.79. The maximum absolute atomic E-state index is 13.4. The third-order valence-electron chi connectivity index (χ3n) is 4.28. The van der Waals surface area contributed by atoms with Crippen molar-refractivity contribution in [1.29, 1.82) is 0 Å². The van der Waals surface area contributed by atoms with E-state index in [9.17, 15) is 8.78 Å². The molecule has 7 heteroatoms. The SMILES string of the molecule is C=NN(/C=C(\N)c1cc(C(C)C)c(OC)cc1OC)Cc1ccc(F)c(F)c1. The van der Waals surface area contributed by atoms with Crippen LogP contribution in [0, 0.1) is 11.6 Å². The lowest BCUT2D eigenvalue weighted by molar-refractivity contribution is 0.387. The van der Waals surface area contributed by atoms with Crippen LogP contribution in [-0.2, 0) is 6.54 Å². The molecule has 5 nitrogen and oxygen atoms in total. The number of ether oxygens (including phenoxy) is 2. The topological polar surface area (TPSA) is 60.1 Å². The average molecular weight is 389 g/mol. The zero-order chi connectivity index (χ0) is 20.8. The van der Waals surface area contributed by atoms with E-state index in [2.05, 4.69) is 25.7 Å². The molecule has 0 aliphatic carbocycles. The van der Waals surface area contributed by atoms with Crippen molar-refractivity contribution >= 4 is 12.4 Å². The number of methoxy groups -OCH3 is 2. The Labute approximate surface area is 164 Å². The molecule has 0 radical (unpaired) electrons. The highest BCUT2D eigenvalue weighted by Crippen LogP contribution is 2.35. The molecule has 0 spiro atoms. The van der Waals surface area contributed by atoms with Crippen molar-refractivity contribution in [2.45, 2.75) is 26.3 Å². The summed E-state index contributed by atoms with van der Waals surface area (Å²) in [5.74, 6) is -0.350. The number of hydrogen-bond donors (Lipinski definition) is 1. The van der Waals surface area contributed by atoms with Crippen LogP contribution in [0.15, 0.2) is 41.6 Å². The molecular formula is C21H25F2N3O2. The van der Waals surface area contributed by atoms with E-state index in [1.54, 1.807) is 26.5 Å². The Kier molecular flexibility index (Phi) is 6.98. The number of nitrogens with two attached hydrogens (primary N) is 1. The van der Waals surface area contributed by atoms with Crippen molar-refractivity contribution in [2.75, 3.05) is 14.2 Å². The second-order valence-corrected chi connectivity index (χ2v) is 6.52. The lowest BCUT2D eigenvalue weighted by atomic mass is 9.97. The summed E-state index contributed by atoms with van der Waals surface area (Å²) >= 11 is 0. The molecular weight excluding hydrogens is 364 g/mol. The molecule has 0 heterocycles. The summed E-state index contributed by atoms with van der Waals surface area (Å²) in [5.41, 5.74) is 8.86. The zero-order valence-electron chi connectivity index (χ0n) is 16.5. The predicted octanol–water partition coefficient (Wildman–Crippen LogP) is 4.48. The number of hydrogen-bond acceptors (Lipinski definition) is 5. The van der Waals surface area contributed by atoms with Gasteiger partial charge in [-0.05, 0) is 35.2 Å². The Morgan fingerprint density at radius 1 is 1.14 bits per heavy atom. The van der Waals surface area contributed by atoms with Gasteiger partial charge in [0.1, 0.15) is 11.5 Å². The number of benzene rings is 2. The van der Waals surface area contributed by atoms with E-state index in [0.29, 0.717) is 28.3 Å². The first-order valence-electron chi connectivity index (χ1n) is 8.71. The Morgan fingerprint density at radius 2 is 1.82 bits per heavy atom. The van der Waals surface area contributed by atoms with Gasteiger partial charge in [-0.3, -0.25) is 5.01 Å². The highest BCUT2D eigenvalue weighted by atomic mass is 19.2. The van der Waals surface area contributed by atoms with E-state index in [4.69, 9.17) is 15.2 Å². The Morgan fingerprint density at radius 3 is 2.36 bits per heavy atom. The van der Waals surface area contributed by atoms with Crippen molar-refractivity contribution in [3.8, 4) is 11.5 Å². The molecule has 0 aliphatic rings. The summed E-state index contributed by atoms with van der Waals surface area (Å²) < 4.78 is 37.5. The van der Waals surface area contributed by atoms with Gasteiger partial charge in [-0.2, -0.15) is 5.10 Å².